The largest absolute Gasteiger partial charge is 0.411 e. The van der Waals surface area contributed by atoms with Crippen LogP contribution in [0, 0.1) is 52.8 Å². The molecular weight excluding hydrogens is 400 g/mol. The molecule has 2 aliphatic heterocycles. The number of hydrogen-bond acceptors (Lipinski definition) is 5. The molecule has 0 bridgehead atoms. The van der Waals surface area contributed by atoms with Gasteiger partial charge in [0.1, 0.15) is 0 Å². The molecule has 5 nitrogen and oxygen atoms in total. The predicted octanol–water partition coefficient (Wildman–Crippen LogP) is 4.15. The average Bonchev–Trinajstić information content (AvgIpc) is 3.14. The van der Waals surface area contributed by atoms with Gasteiger partial charge in [-0.2, -0.15) is 0 Å². The Bertz CT molecular complexity index is 783. The van der Waals surface area contributed by atoms with Gasteiger partial charge in [0, 0.05) is 25.0 Å². The van der Waals surface area contributed by atoms with E-state index in [4.69, 9.17) is 0 Å². The smallest absolute Gasteiger partial charge is 0.0805 e. The molecule has 0 aromatic heterocycles. The lowest BCUT2D eigenvalue weighted by Crippen LogP contribution is -2.67. The maximum Gasteiger partial charge on any atom is 0.0805 e. The highest BCUT2D eigenvalue weighted by atomic mass is 16.4. The Morgan fingerprint density at radius 2 is 1.72 bits per heavy atom. The van der Waals surface area contributed by atoms with Crippen LogP contribution in [0.4, 0.5) is 0 Å². The summed E-state index contributed by atoms with van der Waals surface area (Å²) < 4.78 is 0. The fourth-order valence-electron chi connectivity index (χ4n) is 10.5. The lowest BCUT2D eigenvalue weighted by Gasteiger charge is -2.59. The van der Waals surface area contributed by atoms with E-state index in [9.17, 15) is 15.4 Å². The molecule has 2 heterocycles. The minimum Gasteiger partial charge on any atom is -0.411 e. The number of hydrogen-bond donors (Lipinski definition) is 3. The van der Waals surface area contributed by atoms with E-state index in [0.29, 0.717) is 41.5 Å². The number of aliphatic hydroxyl groups is 2. The zero-order valence-electron chi connectivity index (χ0n) is 20.3. The van der Waals surface area contributed by atoms with Gasteiger partial charge < -0.3 is 15.4 Å². The van der Waals surface area contributed by atoms with E-state index in [0.717, 1.165) is 56.7 Å². The summed E-state index contributed by atoms with van der Waals surface area (Å²) >= 11 is 0. The van der Waals surface area contributed by atoms with E-state index in [1.807, 2.05) is 0 Å². The first-order valence-corrected chi connectivity index (χ1v) is 13.6. The van der Waals surface area contributed by atoms with Crippen molar-refractivity contribution >= 4 is 5.71 Å². The molecule has 32 heavy (non-hydrogen) atoms. The first-order valence-electron chi connectivity index (χ1n) is 13.6. The number of fused-ring (bicyclic) bond motifs is 8. The second-order valence-corrected chi connectivity index (χ2v) is 13.3. The van der Waals surface area contributed by atoms with Crippen LogP contribution in [0.3, 0.4) is 0 Å². The second kappa shape index (κ2) is 7.42. The molecule has 4 aliphatic carbocycles. The van der Waals surface area contributed by atoms with Crippen LogP contribution in [-0.4, -0.2) is 56.9 Å². The van der Waals surface area contributed by atoms with Crippen molar-refractivity contribution in [2.75, 3.05) is 13.1 Å². The summed E-state index contributed by atoms with van der Waals surface area (Å²) in [6, 6.07) is 0.343. The molecule has 180 valence electrons. The highest BCUT2D eigenvalue weighted by molar-refractivity contribution is 5.88. The predicted molar refractivity (Wildman–Crippen MR) is 124 cm³/mol. The number of oxime groups is 1. The fourth-order valence-corrected chi connectivity index (χ4v) is 10.5. The van der Waals surface area contributed by atoms with Gasteiger partial charge in [0.2, 0.25) is 0 Å². The molecule has 0 radical (unpaired) electrons. The molecule has 0 amide bonds. The van der Waals surface area contributed by atoms with Gasteiger partial charge in [0.25, 0.3) is 0 Å². The van der Waals surface area contributed by atoms with E-state index in [-0.39, 0.29) is 17.4 Å². The molecule has 0 spiro atoms. The highest BCUT2D eigenvalue weighted by Crippen LogP contribution is 2.66. The third kappa shape index (κ3) is 2.95. The molecule has 3 N–H and O–H groups in total. The van der Waals surface area contributed by atoms with E-state index in [1.165, 1.54) is 25.8 Å². The third-order valence-electron chi connectivity index (χ3n) is 12.0. The summed E-state index contributed by atoms with van der Waals surface area (Å²) in [7, 11) is 0. The van der Waals surface area contributed by atoms with Crippen LogP contribution in [0.5, 0.6) is 0 Å². The van der Waals surface area contributed by atoms with Crippen molar-refractivity contribution in [3.63, 3.8) is 0 Å². The monoisotopic (exact) mass is 444 g/mol. The van der Waals surface area contributed by atoms with Gasteiger partial charge in [-0.05, 0) is 112 Å². The molecule has 12 atom stereocenters. The summed E-state index contributed by atoms with van der Waals surface area (Å²) in [5.74, 6) is 4.68. The molecule has 0 aromatic rings. The molecule has 0 aromatic carbocycles. The van der Waals surface area contributed by atoms with Crippen molar-refractivity contribution in [2.24, 2.45) is 57.9 Å². The van der Waals surface area contributed by atoms with Crippen LogP contribution in [0.2, 0.25) is 0 Å². The normalized spacial score (nSPS) is 59.0. The summed E-state index contributed by atoms with van der Waals surface area (Å²) in [5.41, 5.74) is 0.549. The van der Waals surface area contributed by atoms with Crippen LogP contribution in [0.25, 0.3) is 0 Å². The van der Waals surface area contributed by atoms with Gasteiger partial charge in [-0.25, -0.2) is 0 Å². The molecule has 4 saturated carbocycles. The van der Waals surface area contributed by atoms with Crippen LogP contribution in [0.1, 0.15) is 78.6 Å². The van der Waals surface area contributed by atoms with Crippen molar-refractivity contribution in [1.82, 2.24) is 4.90 Å². The Morgan fingerprint density at radius 1 is 0.906 bits per heavy atom. The molecule has 0 unspecified atom stereocenters. The Kier molecular flexibility index (Phi) is 5.07. The minimum atomic E-state index is -0.569. The standard InChI is InChI=1S/C27H44N2O3/c1-15-4-7-25-27(3,31)21-6-5-17-18(20(21)14-29(25)13-15)11-22-19(17)12-24(28-32)23-10-16(30)8-9-26(22,23)2/h15-23,25,30-32H,4-14H2,1-3H3/b28-24+/t15-,16-,17+,18+,19-,20-,21+,22-,23+,25-,26+,27-/m0/s1. The topological polar surface area (TPSA) is 76.3 Å². The molecule has 6 rings (SSSR count). The highest BCUT2D eigenvalue weighted by Gasteiger charge is 2.64. The second-order valence-electron chi connectivity index (χ2n) is 13.3. The number of piperidine rings is 2. The first-order chi connectivity index (χ1) is 15.2. The summed E-state index contributed by atoms with van der Waals surface area (Å²) in [6.07, 6.45) is 9.45. The van der Waals surface area contributed by atoms with Crippen LogP contribution in [-0.2, 0) is 0 Å². The quantitative estimate of drug-likeness (QED) is 0.388. The van der Waals surface area contributed by atoms with Crippen LogP contribution >= 0.6 is 0 Å². The summed E-state index contributed by atoms with van der Waals surface area (Å²) in [6.45, 7) is 9.30. The summed E-state index contributed by atoms with van der Waals surface area (Å²) in [4.78, 5) is 2.67. The van der Waals surface area contributed by atoms with Gasteiger partial charge in [-0.3, -0.25) is 4.90 Å². The SMILES string of the molecule is C[C@H]1CC[C@@H]2N(C1)C[C@H]1[C@@H]3C[C@H]4[C@@H](C/C(=N\O)[C@H]5C[C@@H](O)CC[C@@]54C)[C@@H]3CC[C@H]1[C@]2(C)O. The zero-order chi connectivity index (χ0) is 22.4. The van der Waals surface area contributed by atoms with Gasteiger partial charge in [0.05, 0.1) is 17.4 Å². The molecule has 6 aliphatic rings. The van der Waals surface area contributed by atoms with Gasteiger partial charge in [0.15, 0.2) is 0 Å². The Labute approximate surface area is 193 Å². The average molecular weight is 445 g/mol. The van der Waals surface area contributed by atoms with E-state index < -0.39 is 5.60 Å². The molecule has 5 heteroatoms. The van der Waals surface area contributed by atoms with Crippen molar-refractivity contribution in [3.05, 3.63) is 0 Å². The van der Waals surface area contributed by atoms with Gasteiger partial charge >= 0.3 is 0 Å². The Morgan fingerprint density at radius 3 is 2.50 bits per heavy atom. The number of aliphatic hydroxyl groups excluding tert-OH is 1. The van der Waals surface area contributed by atoms with Gasteiger partial charge in [-0.15, -0.1) is 0 Å². The Hall–Kier alpha value is -0.650. The van der Waals surface area contributed by atoms with E-state index in [2.05, 4.69) is 30.8 Å². The minimum absolute atomic E-state index is 0.149. The summed E-state index contributed by atoms with van der Waals surface area (Å²) in [5, 5.41) is 36.0. The maximum atomic E-state index is 11.9. The lowest BCUT2D eigenvalue weighted by molar-refractivity contribution is -0.175. The Balaban J connectivity index is 1.32. The third-order valence-corrected chi connectivity index (χ3v) is 12.0. The number of rotatable bonds is 0. The molecular formula is C27H44N2O3. The van der Waals surface area contributed by atoms with Crippen molar-refractivity contribution in [3.8, 4) is 0 Å². The van der Waals surface area contributed by atoms with Crippen molar-refractivity contribution in [1.29, 1.82) is 0 Å². The van der Waals surface area contributed by atoms with E-state index >= 15 is 0 Å². The van der Waals surface area contributed by atoms with E-state index in [1.54, 1.807) is 0 Å². The number of nitrogens with zero attached hydrogens (tertiary/aromatic N) is 2. The molecule has 2 saturated heterocycles. The lowest BCUT2D eigenvalue weighted by atomic mass is 9.51. The van der Waals surface area contributed by atoms with Crippen molar-refractivity contribution in [2.45, 2.75) is 96.3 Å². The van der Waals surface area contributed by atoms with Crippen molar-refractivity contribution < 1.29 is 15.4 Å². The van der Waals surface area contributed by atoms with Crippen LogP contribution in [0.15, 0.2) is 5.16 Å². The zero-order valence-corrected chi connectivity index (χ0v) is 20.3. The first kappa shape index (κ1) is 21.9. The van der Waals surface area contributed by atoms with Gasteiger partial charge in [-0.1, -0.05) is 19.0 Å². The fraction of sp³-hybridized carbons (Fsp3) is 0.963. The maximum absolute atomic E-state index is 11.9. The van der Waals surface area contributed by atoms with Crippen LogP contribution < -0.4 is 0 Å². The molecule has 6 fully saturated rings.